The van der Waals surface area contributed by atoms with Gasteiger partial charge < -0.3 is 14.8 Å². The molecule has 1 aromatic rings. The lowest BCUT2D eigenvalue weighted by atomic mass is 9.93. The number of hydrogen-bond acceptors (Lipinski definition) is 4. The Kier molecular flexibility index (Phi) is 5.20. The van der Waals surface area contributed by atoms with E-state index in [1.165, 1.54) is 7.11 Å². The van der Waals surface area contributed by atoms with E-state index in [4.69, 9.17) is 21.1 Å². The van der Waals surface area contributed by atoms with E-state index in [-0.39, 0.29) is 22.8 Å². The summed E-state index contributed by atoms with van der Waals surface area (Å²) in [6.45, 7) is 0. The van der Waals surface area contributed by atoms with Crippen LogP contribution in [0.1, 0.15) is 36.2 Å². The minimum absolute atomic E-state index is 0.167. The normalized spacial score (nSPS) is 22.4. The number of aromatic nitrogens is 1. The largest absolute Gasteiger partial charge is 0.497 e. The van der Waals surface area contributed by atoms with Crippen molar-refractivity contribution in [3.8, 4) is 5.75 Å². The third kappa shape index (κ3) is 3.84. The average Bonchev–Trinajstić information content (AvgIpc) is 2.47. The highest BCUT2D eigenvalue weighted by atomic mass is 35.5. The molecule has 1 heterocycles. The van der Waals surface area contributed by atoms with E-state index in [0.717, 1.165) is 25.7 Å². The number of carbonyl (C=O) groups is 1. The Morgan fingerprint density at radius 1 is 1.30 bits per heavy atom. The highest BCUT2D eigenvalue weighted by Crippen LogP contribution is 2.22. The minimum atomic E-state index is -0.216. The smallest absolute Gasteiger partial charge is 0.270 e. The van der Waals surface area contributed by atoms with E-state index in [1.807, 2.05) is 0 Å². The zero-order chi connectivity index (χ0) is 14.5. The van der Waals surface area contributed by atoms with Crippen LogP contribution < -0.4 is 10.1 Å². The lowest BCUT2D eigenvalue weighted by Gasteiger charge is -2.28. The fraction of sp³-hybridized carbons (Fsp3) is 0.571. The van der Waals surface area contributed by atoms with Gasteiger partial charge in [-0.1, -0.05) is 11.6 Å². The number of ether oxygens (including phenoxy) is 2. The van der Waals surface area contributed by atoms with Crippen LogP contribution in [0.5, 0.6) is 5.75 Å². The Hall–Kier alpha value is -1.33. The van der Waals surface area contributed by atoms with E-state index in [1.54, 1.807) is 19.2 Å². The van der Waals surface area contributed by atoms with Crippen molar-refractivity contribution in [3.63, 3.8) is 0 Å². The molecule has 0 aliphatic heterocycles. The lowest BCUT2D eigenvalue weighted by Crippen LogP contribution is -2.39. The van der Waals surface area contributed by atoms with Gasteiger partial charge in [-0.15, -0.1) is 0 Å². The van der Waals surface area contributed by atoms with Crippen LogP contribution in [-0.2, 0) is 4.74 Å². The van der Waals surface area contributed by atoms with Gasteiger partial charge in [-0.2, -0.15) is 0 Å². The van der Waals surface area contributed by atoms with Crippen LogP contribution in [0.15, 0.2) is 12.1 Å². The minimum Gasteiger partial charge on any atom is -0.497 e. The summed E-state index contributed by atoms with van der Waals surface area (Å²) in [6.07, 6.45) is 4.08. The maximum atomic E-state index is 12.2. The van der Waals surface area contributed by atoms with E-state index < -0.39 is 0 Å². The van der Waals surface area contributed by atoms with Crippen LogP contribution >= 0.6 is 11.6 Å². The SMILES string of the molecule is COc1cc(Cl)nc(C(=O)NC2CCC(OC)CC2)c1. The predicted octanol–water partition coefficient (Wildman–Crippen LogP) is 2.43. The molecule has 6 heteroatoms. The van der Waals surface area contributed by atoms with Gasteiger partial charge in [-0.3, -0.25) is 4.79 Å². The molecule has 1 fully saturated rings. The summed E-state index contributed by atoms with van der Waals surface area (Å²) in [7, 11) is 3.26. The standard InChI is InChI=1S/C14H19ClN2O3/c1-19-10-5-3-9(4-6-10)16-14(18)12-7-11(20-2)8-13(15)17-12/h7-10H,3-6H2,1-2H3,(H,16,18). The summed E-state index contributed by atoms with van der Waals surface area (Å²) < 4.78 is 10.4. The first-order chi connectivity index (χ1) is 9.62. The molecule has 2 rings (SSSR count). The molecule has 1 saturated carbocycles. The van der Waals surface area contributed by atoms with Crippen LogP contribution in [0, 0.1) is 0 Å². The van der Waals surface area contributed by atoms with E-state index >= 15 is 0 Å². The van der Waals surface area contributed by atoms with Crippen molar-refractivity contribution in [2.45, 2.75) is 37.8 Å². The number of pyridine rings is 1. The third-order valence-electron chi connectivity index (χ3n) is 3.58. The maximum Gasteiger partial charge on any atom is 0.270 e. The third-order valence-corrected chi connectivity index (χ3v) is 3.77. The Bertz CT molecular complexity index is 473. The Labute approximate surface area is 123 Å². The molecule has 1 aliphatic carbocycles. The topological polar surface area (TPSA) is 60.5 Å². The van der Waals surface area contributed by atoms with Crippen LogP contribution in [0.4, 0.5) is 0 Å². The average molecular weight is 299 g/mol. The van der Waals surface area contributed by atoms with Gasteiger partial charge in [0.15, 0.2) is 0 Å². The second kappa shape index (κ2) is 6.90. The van der Waals surface area contributed by atoms with Gasteiger partial charge in [0.1, 0.15) is 16.6 Å². The predicted molar refractivity (Wildman–Crippen MR) is 76.3 cm³/mol. The quantitative estimate of drug-likeness (QED) is 0.867. The van der Waals surface area contributed by atoms with Gasteiger partial charge in [-0.05, 0) is 25.7 Å². The summed E-state index contributed by atoms with van der Waals surface area (Å²) in [4.78, 5) is 16.2. The summed E-state index contributed by atoms with van der Waals surface area (Å²) in [5, 5.41) is 3.23. The van der Waals surface area contributed by atoms with Gasteiger partial charge in [0, 0.05) is 25.3 Å². The summed E-state index contributed by atoms with van der Waals surface area (Å²) in [5.74, 6) is 0.310. The highest BCUT2D eigenvalue weighted by molar-refractivity contribution is 6.29. The van der Waals surface area contributed by atoms with Gasteiger partial charge in [0.05, 0.1) is 13.2 Å². The van der Waals surface area contributed by atoms with Crippen molar-refractivity contribution in [3.05, 3.63) is 23.0 Å². The molecule has 110 valence electrons. The number of nitrogens with one attached hydrogen (secondary N) is 1. The number of amides is 1. The first-order valence-corrected chi connectivity index (χ1v) is 7.05. The first-order valence-electron chi connectivity index (χ1n) is 6.67. The van der Waals surface area contributed by atoms with Crippen molar-refractivity contribution in [2.75, 3.05) is 14.2 Å². The van der Waals surface area contributed by atoms with Crippen LogP contribution in [0.25, 0.3) is 0 Å². The molecular formula is C14H19ClN2O3. The van der Waals surface area contributed by atoms with Crippen LogP contribution in [0.2, 0.25) is 5.15 Å². The first kappa shape index (κ1) is 15.1. The van der Waals surface area contributed by atoms with Gasteiger partial charge >= 0.3 is 0 Å². The van der Waals surface area contributed by atoms with Gasteiger partial charge in [-0.25, -0.2) is 4.98 Å². The van der Waals surface area contributed by atoms with E-state index in [2.05, 4.69) is 10.3 Å². The number of carbonyl (C=O) groups excluding carboxylic acids is 1. The van der Waals surface area contributed by atoms with E-state index in [0.29, 0.717) is 11.9 Å². The van der Waals surface area contributed by atoms with Crippen molar-refractivity contribution in [1.82, 2.24) is 10.3 Å². The summed E-state index contributed by atoms with van der Waals surface area (Å²) in [6, 6.07) is 3.32. The fourth-order valence-corrected chi connectivity index (χ4v) is 2.61. The number of halogens is 1. The zero-order valence-corrected chi connectivity index (χ0v) is 12.4. The second-order valence-corrected chi connectivity index (χ2v) is 5.28. The Morgan fingerprint density at radius 2 is 2.00 bits per heavy atom. The second-order valence-electron chi connectivity index (χ2n) is 4.90. The molecule has 0 saturated heterocycles. The highest BCUT2D eigenvalue weighted by Gasteiger charge is 2.23. The number of methoxy groups -OCH3 is 2. The number of nitrogens with zero attached hydrogens (tertiary/aromatic N) is 1. The molecule has 0 unspecified atom stereocenters. The molecule has 20 heavy (non-hydrogen) atoms. The van der Waals surface area contributed by atoms with Crippen LogP contribution in [-0.4, -0.2) is 37.3 Å². The molecule has 1 amide bonds. The van der Waals surface area contributed by atoms with Crippen molar-refractivity contribution >= 4 is 17.5 Å². The Balaban J connectivity index is 1.97. The fourth-order valence-electron chi connectivity index (χ4n) is 2.41. The molecule has 0 spiro atoms. The molecule has 1 aromatic heterocycles. The molecular weight excluding hydrogens is 280 g/mol. The van der Waals surface area contributed by atoms with Crippen molar-refractivity contribution < 1.29 is 14.3 Å². The number of rotatable bonds is 4. The molecule has 5 nitrogen and oxygen atoms in total. The van der Waals surface area contributed by atoms with E-state index in [9.17, 15) is 4.79 Å². The molecule has 0 radical (unpaired) electrons. The van der Waals surface area contributed by atoms with Gasteiger partial charge in [0.2, 0.25) is 0 Å². The maximum absolute atomic E-state index is 12.2. The molecule has 1 aliphatic rings. The van der Waals surface area contributed by atoms with Crippen LogP contribution in [0.3, 0.4) is 0 Å². The number of hydrogen-bond donors (Lipinski definition) is 1. The molecule has 1 N–H and O–H groups in total. The van der Waals surface area contributed by atoms with Gasteiger partial charge in [0.25, 0.3) is 5.91 Å². The van der Waals surface area contributed by atoms with Crippen molar-refractivity contribution in [1.29, 1.82) is 0 Å². The molecule has 0 bridgehead atoms. The molecule has 0 atom stereocenters. The van der Waals surface area contributed by atoms with Crippen molar-refractivity contribution in [2.24, 2.45) is 0 Å². The lowest BCUT2D eigenvalue weighted by molar-refractivity contribution is 0.0598. The monoisotopic (exact) mass is 298 g/mol. The summed E-state index contributed by atoms with van der Waals surface area (Å²) in [5.41, 5.74) is 0.281. The zero-order valence-electron chi connectivity index (χ0n) is 11.7. The molecule has 0 aromatic carbocycles. The Morgan fingerprint density at radius 3 is 2.60 bits per heavy atom. The summed E-state index contributed by atoms with van der Waals surface area (Å²) >= 11 is 5.87.